The lowest BCUT2D eigenvalue weighted by molar-refractivity contribution is 0.0779. The van der Waals surface area contributed by atoms with Crippen LogP contribution in [0.4, 0.5) is 5.69 Å². The van der Waals surface area contributed by atoms with Crippen LogP contribution in [-0.4, -0.2) is 28.9 Å². The van der Waals surface area contributed by atoms with Crippen LogP contribution in [0.3, 0.4) is 0 Å². The SMILES string of the molecule is CCN(CC)C(=O)c1sc2nc(-c3cc(Cl)ccc3Cl)ccc2c1N. The molecule has 0 aliphatic rings. The molecule has 2 N–H and O–H groups in total. The topological polar surface area (TPSA) is 59.2 Å². The van der Waals surface area contributed by atoms with Gasteiger partial charge in [0.15, 0.2) is 0 Å². The fourth-order valence-electron chi connectivity index (χ4n) is 2.65. The first-order valence-electron chi connectivity index (χ1n) is 7.90. The normalized spacial score (nSPS) is 11.0. The van der Waals surface area contributed by atoms with Crippen molar-refractivity contribution in [2.75, 3.05) is 18.8 Å². The zero-order valence-corrected chi connectivity index (χ0v) is 16.2. The Labute approximate surface area is 160 Å². The van der Waals surface area contributed by atoms with Crippen LogP contribution in [0.5, 0.6) is 0 Å². The summed E-state index contributed by atoms with van der Waals surface area (Å²) in [7, 11) is 0. The molecule has 130 valence electrons. The summed E-state index contributed by atoms with van der Waals surface area (Å²) < 4.78 is 0. The number of anilines is 1. The Kier molecular flexibility index (Phi) is 5.18. The van der Waals surface area contributed by atoms with E-state index in [1.54, 1.807) is 23.1 Å². The molecule has 0 spiro atoms. The zero-order chi connectivity index (χ0) is 18.1. The lowest BCUT2D eigenvalue weighted by Crippen LogP contribution is -2.30. The van der Waals surface area contributed by atoms with Gasteiger partial charge in [0.2, 0.25) is 0 Å². The molecule has 0 radical (unpaired) electrons. The van der Waals surface area contributed by atoms with Gasteiger partial charge in [0.05, 0.1) is 16.4 Å². The highest BCUT2D eigenvalue weighted by Crippen LogP contribution is 2.36. The van der Waals surface area contributed by atoms with Crippen molar-refractivity contribution in [3.8, 4) is 11.3 Å². The van der Waals surface area contributed by atoms with E-state index >= 15 is 0 Å². The van der Waals surface area contributed by atoms with Gasteiger partial charge in [-0.1, -0.05) is 23.2 Å². The standard InChI is InChI=1S/C18H17Cl2N3OS/c1-3-23(4-2)18(24)16-15(21)11-6-8-14(22-17(11)25-16)12-9-10(19)5-7-13(12)20/h5-9H,3-4,21H2,1-2H3. The Morgan fingerprint density at radius 2 is 1.92 bits per heavy atom. The van der Waals surface area contributed by atoms with E-state index in [-0.39, 0.29) is 5.91 Å². The fraction of sp³-hybridized carbons (Fsp3) is 0.222. The monoisotopic (exact) mass is 393 g/mol. The molecule has 1 aromatic carbocycles. The first-order valence-corrected chi connectivity index (χ1v) is 9.47. The van der Waals surface area contributed by atoms with E-state index in [9.17, 15) is 4.79 Å². The van der Waals surface area contributed by atoms with Crippen molar-refractivity contribution in [1.29, 1.82) is 0 Å². The second kappa shape index (κ2) is 7.20. The number of amides is 1. The molecular weight excluding hydrogens is 377 g/mol. The number of pyridine rings is 1. The highest BCUT2D eigenvalue weighted by molar-refractivity contribution is 7.21. The maximum Gasteiger partial charge on any atom is 0.266 e. The molecule has 0 unspecified atom stereocenters. The Bertz CT molecular complexity index is 951. The van der Waals surface area contributed by atoms with Crippen LogP contribution in [0.2, 0.25) is 10.0 Å². The number of rotatable bonds is 4. The van der Waals surface area contributed by atoms with Crippen molar-refractivity contribution in [3.05, 3.63) is 45.3 Å². The van der Waals surface area contributed by atoms with Crippen molar-refractivity contribution in [2.24, 2.45) is 0 Å². The first-order chi connectivity index (χ1) is 12.0. The second-order valence-electron chi connectivity index (χ2n) is 5.50. The number of fused-ring (bicyclic) bond motifs is 1. The van der Waals surface area contributed by atoms with Gasteiger partial charge in [-0.25, -0.2) is 4.98 Å². The molecule has 2 aromatic heterocycles. The maximum absolute atomic E-state index is 12.6. The Balaban J connectivity index is 2.10. The maximum atomic E-state index is 12.6. The summed E-state index contributed by atoms with van der Waals surface area (Å²) in [6.07, 6.45) is 0. The summed E-state index contributed by atoms with van der Waals surface area (Å²) in [6.45, 7) is 5.17. The highest BCUT2D eigenvalue weighted by Gasteiger charge is 2.21. The summed E-state index contributed by atoms with van der Waals surface area (Å²) in [5.41, 5.74) is 8.13. The third kappa shape index (κ3) is 3.32. The van der Waals surface area contributed by atoms with Gasteiger partial charge in [-0.15, -0.1) is 11.3 Å². The van der Waals surface area contributed by atoms with Crippen LogP contribution in [0.25, 0.3) is 21.5 Å². The molecule has 3 rings (SSSR count). The number of nitrogens with zero attached hydrogens (tertiary/aromatic N) is 2. The van der Waals surface area contributed by atoms with E-state index in [0.29, 0.717) is 44.2 Å². The van der Waals surface area contributed by atoms with Crippen molar-refractivity contribution in [3.63, 3.8) is 0 Å². The number of thiophene rings is 1. The molecule has 0 bridgehead atoms. The van der Waals surface area contributed by atoms with Crippen molar-refractivity contribution in [1.82, 2.24) is 9.88 Å². The minimum atomic E-state index is -0.0622. The predicted octanol–water partition coefficient (Wildman–Crippen LogP) is 5.33. The molecule has 2 heterocycles. The molecule has 0 fully saturated rings. The number of nitrogen functional groups attached to an aromatic ring is 1. The number of halogens is 2. The summed E-state index contributed by atoms with van der Waals surface area (Å²) in [4.78, 5) is 20.3. The van der Waals surface area contributed by atoms with E-state index in [1.165, 1.54) is 11.3 Å². The van der Waals surface area contributed by atoms with E-state index in [0.717, 1.165) is 10.9 Å². The molecule has 25 heavy (non-hydrogen) atoms. The van der Waals surface area contributed by atoms with E-state index in [2.05, 4.69) is 4.98 Å². The Hall–Kier alpha value is -1.82. The fourth-order valence-corrected chi connectivity index (χ4v) is 4.10. The number of carbonyl (C=O) groups excluding carboxylic acids is 1. The van der Waals surface area contributed by atoms with Gasteiger partial charge in [0.25, 0.3) is 5.91 Å². The molecule has 7 heteroatoms. The van der Waals surface area contributed by atoms with Gasteiger partial charge in [-0.05, 0) is 44.2 Å². The van der Waals surface area contributed by atoms with E-state index in [1.807, 2.05) is 26.0 Å². The third-order valence-corrected chi connectivity index (χ3v) is 5.71. The van der Waals surface area contributed by atoms with Crippen molar-refractivity contribution >= 4 is 56.3 Å². The summed E-state index contributed by atoms with van der Waals surface area (Å²) in [6, 6.07) is 8.96. The molecular formula is C18H17Cl2N3OS. The second-order valence-corrected chi connectivity index (χ2v) is 7.34. The van der Waals surface area contributed by atoms with Crippen LogP contribution in [-0.2, 0) is 0 Å². The number of aromatic nitrogens is 1. The minimum Gasteiger partial charge on any atom is -0.397 e. The summed E-state index contributed by atoms with van der Waals surface area (Å²) in [5, 5.41) is 1.94. The predicted molar refractivity (Wildman–Crippen MR) is 107 cm³/mol. The molecule has 0 aliphatic heterocycles. The third-order valence-electron chi connectivity index (χ3n) is 4.04. The van der Waals surface area contributed by atoms with Crippen LogP contribution in [0.15, 0.2) is 30.3 Å². The average Bonchev–Trinajstić information content (AvgIpc) is 2.94. The molecule has 3 aromatic rings. The quantitative estimate of drug-likeness (QED) is 0.650. The first kappa shape index (κ1) is 18.0. The summed E-state index contributed by atoms with van der Waals surface area (Å²) in [5.74, 6) is -0.0622. The molecule has 0 saturated heterocycles. The minimum absolute atomic E-state index is 0.0622. The smallest absolute Gasteiger partial charge is 0.266 e. The van der Waals surface area contributed by atoms with Gasteiger partial charge < -0.3 is 10.6 Å². The lowest BCUT2D eigenvalue weighted by Gasteiger charge is -2.17. The molecule has 0 aliphatic carbocycles. The number of hydrogen-bond donors (Lipinski definition) is 1. The Morgan fingerprint density at radius 1 is 1.20 bits per heavy atom. The van der Waals surface area contributed by atoms with Crippen LogP contribution < -0.4 is 5.73 Å². The molecule has 0 atom stereocenters. The van der Waals surface area contributed by atoms with Crippen LogP contribution >= 0.6 is 34.5 Å². The van der Waals surface area contributed by atoms with Crippen LogP contribution in [0, 0.1) is 0 Å². The number of carbonyl (C=O) groups is 1. The van der Waals surface area contributed by atoms with Gasteiger partial charge >= 0.3 is 0 Å². The lowest BCUT2D eigenvalue weighted by atomic mass is 10.1. The van der Waals surface area contributed by atoms with Crippen molar-refractivity contribution in [2.45, 2.75) is 13.8 Å². The molecule has 0 saturated carbocycles. The van der Waals surface area contributed by atoms with Gasteiger partial charge in [0, 0.05) is 29.1 Å². The number of nitrogens with two attached hydrogens (primary N) is 1. The van der Waals surface area contributed by atoms with Crippen LogP contribution in [0.1, 0.15) is 23.5 Å². The van der Waals surface area contributed by atoms with Gasteiger partial charge in [0.1, 0.15) is 9.71 Å². The van der Waals surface area contributed by atoms with Crippen molar-refractivity contribution < 1.29 is 4.79 Å². The number of hydrogen-bond acceptors (Lipinski definition) is 4. The molecule has 4 nitrogen and oxygen atoms in total. The van der Waals surface area contributed by atoms with E-state index in [4.69, 9.17) is 28.9 Å². The Morgan fingerprint density at radius 3 is 2.60 bits per heavy atom. The highest BCUT2D eigenvalue weighted by atomic mass is 35.5. The zero-order valence-electron chi connectivity index (χ0n) is 13.8. The molecule has 1 amide bonds. The number of benzene rings is 1. The average molecular weight is 394 g/mol. The summed E-state index contributed by atoms with van der Waals surface area (Å²) >= 11 is 13.6. The van der Waals surface area contributed by atoms with Gasteiger partial charge in [-0.3, -0.25) is 4.79 Å². The van der Waals surface area contributed by atoms with E-state index < -0.39 is 0 Å². The largest absolute Gasteiger partial charge is 0.397 e. The van der Waals surface area contributed by atoms with Gasteiger partial charge in [-0.2, -0.15) is 0 Å².